The van der Waals surface area contributed by atoms with Crippen molar-refractivity contribution in [1.29, 1.82) is 5.26 Å². The topological polar surface area (TPSA) is 56.1 Å². The van der Waals surface area contributed by atoms with Crippen molar-refractivity contribution in [2.24, 2.45) is 5.41 Å². The van der Waals surface area contributed by atoms with E-state index in [1.165, 1.54) is 0 Å². The Hall–Kier alpha value is -2.02. The van der Waals surface area contributed by atoms with Crippen LogP contribution in [0.3, 0.4) is 0 Å². The number of para-hydroxylation sites is 2. The van der Waals surface area contributed by atoms with Gasteiger partial charge in [-0.2, -0.15) is 5.26 Å². The van der Waals surface area contributed by atoms with Gasteiger partial charge in [-0.3, -0.25) is 4.79 Å². The summed E-state index contributed by atoms with van der Waals surface area (Å²) >= 11 is 0. The highest BCUT2D eigenvalue weighted by Crippen LogP contribution is 2.29. The lowest BCUT2D eigenvalue weighted by Gasteiger charge is -2.31. The third-order valence-electron chi connectivity index (χ3n) is 3.39. The lowest BCUT2D eigenvalue weighted by Crippen LogP contribution is -2.38. The summed E-state index contributed by atoms with van der Waals surface area (Å²) in [4.78, 5) is 13.7. The Labute approximate surface area is 114 Å². The Morgan fingerprint density at radius 1 is 1.42 bits per heavy atom. The summed E-state index contributed by atoms with van der Waals surface area (Å²) in [6.07, 6.45) is 1.74. The molecule has 19 heavy (non-hydrogen) atoms. The smallest absolute Gasteiger partial charge is 0.243 e. The van der Waals surface area contributed by atoms with Gasteiger partial charge >= 0.3 is 0 Å². The number of nitriles is 1. The molecule has 0 saturated carbocycles. The van der Waals surface area contributed by atoms with Crippen molar-refractivity contribution in [3.05, 3.63) is 24.3 Å². The zero-order chi connectivity index (χ0) is 13.9. The van der Waals surface area contributed by atoms with Crippen LogP contribution in [0.1, 0.15) is 26.7 Å². The number of amides is 1. The zero-order valence-electron chi connectivity index (χ0n) is 11.4. The molecule has 0 aromatic heterocycles. The Kier molecular flexibility index (Phi) is 3.75. The number of nitrogens with zero attached hydrogens (tertiary/aromatic N) is 2. The van der Waals surface area contributed by atoms with E-state index < -0.39 is 0 Å². The molecule has 1 aliphatic rings. The highest BCUT2D eigenvalue weighted by atomic mass is 16.2. The molecule has 2 rings (SSSR count). The van der Waals surface area contributed by atoms with E-state index >= 15 is 0 Å². The summed E-state index contributed by atoms with van der Waals surface area (Å²) in [5.74, 6) is 0.0262. The molecule has 1 aliphatic heterocycles. The van der Waals surface area contributed by atoms with Gasteiger partial charge in [-0.05, 0) is 38.8 Å². The molecule has 4 heteroatoms. The third kappa shape index (κ3) is 3.25. The summed E-state index contributed by atoms with van der Waals surface area (Å²) in [5.41, 5.74) is 1.65. The molecule has 100 valence electrons. The normalized spacial score (nSPS) is 14.6. The minimum Gasteiger partial charge on any atom is -0.361 e. The van der Waals surface area contributed by atoms with Gasteiger partial charge in [-0.15, -0.1) is 0 Å². The number of hydrogen-bond acceptors (Lipinski definition) is 3. The van der Waals surface area contributed by atoms with Gasteiger partial charge in [0.25, 0.3) is 0 Å². The van der Waals surface area contributed by atoms with E-state index in [9.17, 15) is 4.79 Å². The maximum absolute atomic E-state index is 11.6. The van der Waals surface area contributed by atoms with Crippen molar-refractivity contribution in [2.75, 3.05) is 23.3 Å². The van der Waals surface area contributed by atoms with Crippen molar-refractivity contribution < 1.29 is 4.79 Å². The first-order chi connectivity index (χ1) is 9.02. The molecule has 4 nitrogen and oxygen atoms in total. The molecule has 0 radical (unpaired) electrons. The van der Waals surface area contributed by atoms with Crippen molar-refractivity contribution in [2.45, 2.75) is 26.7 Å². The summed E-state index contributed by atoms with van der Waals surface area (Å²) in [6.45, 7) is 5.09. The van der Waals surface area contributed by atoms with Crippen molar-refractivity contribution in [3.8, 4) is 6.07 Å². The minimum atomic E-state index is -0.294. The van der Waals surface area contributed by atoms with Gasteiger partial charge in [0.1, 0.15) is 0 Å². The maximum atomic E-state index is 11.6. The fraction of sp³-hybridized carbons (Fsp3) is 0.467. The molecule has 1 heterocycles. The highest BCUT2D eigenvalue weighted by Gasteiger charge is 2.22. The Morgan fingerprint density at radius 2 is 2.16 bits per heavy atom. The van der Waals surface area contributed by atoms with Crippen molar-refractivity contribution >= 4 is 17.3 Å². The number of anilines is 2. The second kappa shape index (κ2) is 5.31. The van der Waals surface area contributed by atoms with Crippen LogP contribution in [-0.2, 0) is 4.79 Å². The molecule has 0 spiro atoms. The first-order valence-corrected chi connectivity index (χ1v) is 6.57. The molecule has 0 atom stereocenters. The molecule has 0 fully saturated rings. The summed E-state index contributed by atoms with van der Waals surface area (Å²) in [7, 11) is 0. The van der Waals surface area contributed by atoms with Crippen LogP contribution in [0.4, 0.5) is 11.4 Å². The van der Waals surface area contributed by atoms with Gasteiger partial charge in [0.05, 0.1) is 29.4 Å². The number of nitrogens with one attached hydrogen (secondary N) is 1. The molecular formula is C15H19N3O. The lowest BCUT2D eigenvalue weighted by molar-refractivity contribution is -0.115. The number of benzene rings is 1. The van der Waals surface area contributed by atoms with Gasteiger partial charge in [0.15, 0.2) is 0 Å². The first-order valence-electron chi connectivity index (χ1n) is 6.57. The fourth-order valence-electron chi connectivity index (χ4n) is 2.27. The first kappa shape index (κ1) is 13.4. The Bertz CT molecular complexity index is 516. The number of rotatable bonds is 4. The lowest BCUT2D eigenvalue weighted by atomic mass is 9.90. The van der Waals surface area contributed by atoms with Gasteiger partial charge < -0.3 is 10.2 Å². The van der Waals surface area contributed by atoms with Gasteiger partial charge in [0.2, 0.25) is 5.91 Å². The van der Waals surface area contributed by atoms with Gasteiger partial charge in [0, 0.05) is 6.54 Å². The maximum Gasteiger partial charge on any atom is 0.243 e. The van der Waals surface area contributed by atoms with Crippen LogP contribution in [-0.4, -0.2) is 19.0 Å². The Balaban J connectivity index is 2.02. The van der Waals surface area contributed by atoms with Gasteiger partial charge in [-0.1, -0.05) is 12.1 Å². The van der Waals surface area contributed by atoms with Crippen LogP contribution in [0.5, 0.6) is 0 Å². The molecule has 0 bridgehead atoms. The van der Waals surface area contributed by atoms with E-state index in [1.54, 1.807) is 0 Å². The quantitative estimate of drug-likeness (QED) is 0.902. The monoisotopic (exact) mass is 257 g/mol. The second-order valence-electron chi connectivity index (χ2n) is 5.59. The molecule has 1 aromatic carbocycles. The molecule has 1 N–H and O–H groups in total. The van der Waals surface area contributed by atoms with Crippen LogP contribution in [0, 0.1) is 16.7 Å². The standard InChI is InChI=1S/C15H19N3O/c1-15(2,11-16)8-5-9-18-10-14(19)17-12-6-3-4-7-13(12)18/h3-4,6-7H,5,8-10H2,1-2H3,(H,17,19). The van der Waals surface area contributed by atoms with E-state index in [-0.39, 0.29) is 11.3 Å². The fourth-order valence-corrected chi connectivity index (χ4v) is 2.27. The molecule has 0 aliphatic carbocycles. The third-order valence-corrected chi connectivity index (χ3v) is 3.39. The number of fused-ring (bicyclic) bond motifs is 1. The van der Waals surface area contributed by atoms with E-state index in [1.807, 2.05) is 38.1 Å². The number of carbonyl (C=O) groups is 1. The van der Waals surface area contributed by atoms with Crippen LogP contribution >= 0.6 is 0 Å². The predicted molar refractivity (Wildman–Crippen MR) is 75.9 cm³/mol. The molecule has 1 aromatic rings. The van der Waals surface area contributed by atoms with E-state index in [4.69, 9.17) is 5.26 Å². The van der Waals surface area contributed by atoms with E-state index in [0.717, 1.165) is 30.8 Å². The van der Waals surface area contributed by atoms with Crippen LogP contribution < -0.4 is 10.2 Å². The summed E-state index contributed by atoms with van der Waals surface area (Å²) in [6, 6.07) is 10.1. The second-order valence-corrected chi connectivity index (χ2v) is 5.59. The number of carbonyl (C=O) groups excluding carboxylic acids is 1. The SMILES string of the molecule is CC(C)(C#N)CCCN1CC(=O)Nc2ccccc21. The van der Waals surface area contributed by atoms with Crippen LogP contribution in [0.25, 0.3) is 0 Å². The van der Waals surface area contributed by atoms with E-state index in [2.05, 4.69) is 16.3 Å². The zero-order valence-corrected chi connectivity index (χ0v) is 11.4. The largest absolute Gasteiger partial charge is 0.361 e. The van der Waals surface area contributed by atoms with Crippen LogP contribution in [0.2, 0.25) is 0 Å². The van der Waals surface area contributed by atoms with Crippen LogP contribution in [0.15, 0.2) is 24.3 Å². The van der Waals surface area contributed by atoms with Crippen molar-refractivity contribution in [3.63, 3.8) is 0 Å². The highest BCUT2D eigenvalue weighted by molar-refractivity contribution is 6.01. The summed E-state index contributed by atoms with van der Waals surface area (Å²) < 4.78 is 0. The minimum absolute atomic E-state index is 0.0262. The van der Waals surface area contributed by atoms with Crippen molar-refractivity contribution in [1.82, 2.24) is 0 Å². The number of hydrogen-bond donors (Lipinski definition) is 1. The summed E-state index contributed by atoms with van der Waals surface area (Å²) in [5, 5.41) is 11.9. The average Bonchev–Trinajstić information content (AvgIpc) is 2.38. The molecular weight excluding hydrogens is 238 g/mol. The Morgan fingerprint density at radius 3 is 2.89 bits per heavy atom. The van der Waals surface area contributed by atoms with Gasteiger partial charge in [-0.25, -0.2) is 0 Å². The molecule has 0 saturated heterocycles. The average molecular weight is 257 g/mol. The van der Waals surface area contributed by atoms with E-state index in [0.29, 0.717) is 6.54 Å². The molecule has 0 unspecified atom stereocenters. The predicted octanol–water partition coefficient (Wildman–Crippen LogP) is 2.78. The molecule has 1 amide bonds.